The van der Waals surface area contributed by atoms with E-state index >= 15 is 0 Å². The molecular formula is C12H10BrF2N3O3. The smallest absolute Gasteiger partial charge is 0.351 e. The number of halogens is 3. The fraction of sp³-hybridized carbons (Fsp3) is 0.333. The van der Waals surface area contributed by atoms with Crippen molar-refractivity contribution < 1.29 is 18.6 Å². The van der Waals surface area contributed by atoms with E-state index in [2.05, 4.69) is 31.7 Å². The highest BCUT2D eigenvalue weighted by atomic mass is 79.9. The van der Waals surface area contributed by atoms with Gasteiger partial charge in [0.2, 0.25) is 0 Å². The van der Waals surface area contributed by atoms with Crippen LogP contribution in [0.1, 0.15) is 11.8 Å². The number of rotatable bonds is 2. The molecule has 1 aliphatic rings. The molecule has 112 valence electrons. The first-order valence-corrected chi connectivity index (χ1v) is 6.53. The van der Waals surface area contributed by atoms with Crippen LogP contribution < -0.4 is 11.4 Å². The van der Waals surface area contributed by atoms with E-state index in [1.54, 1.807) is 0 Å². The van der Waals surface area contributed by atoms with Crippen molar-refractivity contribution in [3.63, 3.8) is 0 Å². The lowest BCUT2D eigenvalue weighted by Gasteiger charge is -2.16. The minimum Gasteiger partial charge on any atom is -0.393 e. The molecule has 0 bridgehead atoms. The average Bonchev–Trinajstić information content (AvgIpc) is 2.78. The van der Waals surface area contributed by atoms with Gasteiger partial charge in [0.1, 0.15) is 11.9 Å². The third kappa shape index (κ3) is 2.83. The summed E-state index contributed by atoms with van der Waals surface area (Å²) in [6.45, 7) is -0.613. The second-order valence-electron chi connectivity index (χ2n) is 4.16. The van der Waals surface area contributed by atoms with Crippen LogP contribution in [0.25, 0.3) is 0 Å². The molecule has 0 spiro atoms. The predicted octanol–water partition coefficient (Wildman–Crippen LogP) is 0.611. The SMILES string of the molecule is Nc1nc(=O)n(C2OC(CO)/C(=C/F)C2F)cc1C#CBr. The normalized spacial score (nSPS) is 26.7. The standard InChI is InChI=1S/C12H10BrF2N3O3/c13-2-1-6-4-18(12(20)17-10(6)16)11-9(15)7(3-14)8(5-19)21-11/h3-4,8-9,11,19H,5H2,(H2,16,17,20)/b7-3-. The maximum absolute atomic E-state index is 14.2. The molecule has 3 N–H and O–H groups in total. The van der Waals surface area contributed by atoms with Gasteiger partial charge in [-0.1, -0.05) is 0 Å². The minimum atomic E-state index is -1.93. The average molecular weight is 362 g/mol. The highest BCUT2D eigenvalue weighted by molar-refractivity contribution is 9.12. The van der Waals surface area contributed by atoms with Gasteiger partial charge in [0.05, 0.1) is 18.5 Å². The molecular weight excluding hydrogens is 352 g/mol. The van der Waals surface area contributed by atoms with Gasteiger partial charge in [0, 0.05) is 27.7 Å². The van der Waals surface area contributed by atoms with Gasteiger partial charge in [0.25, 0.3) is 0 Å². The lowest BCUT2D eigenvalue weighted by molar-refractivity contribution is -0.0375. The largest absolute Gasteiger partial charge is 0.393 e. The van der Waals surface area contributed by atoms with Crippen molar-refractivity contribution in [2.45, 2.75) is 18.5 Å². The maximum atomic E-state index is 14.2. The molecule has 0 aliphatic carbocycles. The summed E-state index contributed by atoms with van der Waals surface area (Å²) in [5.41, 5.74) is 4.46. The minimum absolute atomic E-state index is 0.0283. The molecule has 1 fully saturated rings. The number of hydrogen-bond donors (Lipinski definition) is 2. The number of aliphatic hydroxyl groups excluding tert-OH is 1. The van der Waals surface area contributed by atoms with Crippen LogP contribution in [-0.2, 0) is 4.74 Å². The Kier molecular flexibility index (Phi) is 4.72. The Bertz CT molecular complexity index is 695. The molecule has 1 aromatic heterocycles. The van der Waals surface area contributed by atoms with Gasteiger partial charge in [-0.25, -0.2) is 13.6 Å². The van der Waals surface area contributed by atoms with Gasteiger partial charge >= 0.3 is 5.69 Å². The first kappa shape index (κ1) is 15.6. The molecule has 2 heterocycles. The van der Waals surface area contributed by atoms with Gasteiger partial charge in [-0.3, -0.25) is 4.57 Å². The summed E-state index contributed by atoms with van der Waals surface area (Å²) in [4.78, 5) is 17.7. The van der Waals surface area contributed by atoms with E-state index in [4.69, 9.17) is 15.6 Å². The summed E-state index contributed by atoms with van der Waals surface area (Å²) in [7, 11) is 0. The van der Waals surface area contributed by atoms with E-state index in [1.165, 1.54) is 6.20 Å². The van der Waals surface area contributed by atoms with Crippen molar-refractivity contribution in [1.82, 2.24) is 9.55 Å². The Morgan fingerprint density at radius 3 is 2.90 bits per heavy atom. The summed E-state index contributed by atoms with van der Waals surface area (Å²) >= 11 is 2.87. The fourth-order valence-corrected chi connectivity index (χ4v) is 2.17. The number of aromatic nitrogens is 2. The molecule has 0 aromatic carbocycles. The molecule has 1 aromatic rings. The van der Waals surface area contributed by atoms with Crippen LogP contribution in [-0.4, -0.2) is 33.5 Å². The molecule has 0 amide bonds. The monoisotopic (exact) mass is 361 g/mol. The number of anilines is 1. The first-order chi connectivity index (χ1) is 10.0. The van der Waals surface area contributed by atoms with Crippen LogP contribution >= 0.6 is 15.9 Å². The lowest BCUT2D eigenvalue weighted by atomic mass is 10.1. The van der Waals surface area contributed by atoms with Crippen LogP contribution in [0.2, 0.25) is 0 Å². The third-order valence-corrected chi connectivity index (χ3v) is 3.17. The van der Waals surface area contributed by atoms with Gasteiger partial charge < -0.3 is 15.6 Å². The number of nitrogen functional groups attached to an aromatic ring is 1. The second-order valence-corrected chi connectivity index (χ2v) is 4.55. The summed E-state index contributed by atoms with van der Waals surface area (Å²) < 4.78 is 32.8. The summed E-state index contributed by atoms with van der Waals surface area (Å²) in [6.07, 6.45) is -3.34. The van der Waals surface area contributed by atoms with Crippen molar-refractivity contribution in [3.8, 4) is 10.8 Å². The van der Waals surface area contributed by atoms with E-state index in [9.17, 15) is 13.6 Å². The van der Waals surface area contributed by atoms with Crippen molar-refractivity contribution in [2.24, 2.45) is 0 Å². The number of ether oxygens (including phenoxy) is 1. The molecule has 1 aliphatic heterocycles. The number of nitrogens with zero attached hydrogens (tertiary/aromatic N) is 2. The molecule has 1 saturated heterocycles. The van der Waals surface area contributed by atoms with Crippen molar-refractivity contribution in [1.29, 1.82) is 0 Å². The Morgan fingerprint density at radius 1 is 1.67 bits per heavy atom. The molecule has 3 atom stereocenters. The zero-order chi connectivity index (χ0) is 15.6. The van der Waals surface area contributed by atoms with Crippen LogP contribution in [0.15, 0.2) is 22.9 Å². The van der Waals surface area contributed by atoms with Gasteiger partial charge in [-0.15, -0.1) is 0 Å². The topological polar surface area (TPSA) is 90.4 Å². The quantitative estimate of drug-likeness (QED) is 0.753. The molecule has 0 saturated carbocycles. The lowest BCUT2D eigenvalue weighted by Crippen LogP contribution is -2.31. The van der Waals surface area contributed by atoms with Crippen molar-refractivity contribution in [2.75, 3.05) is 12.3 Å². The van der Waals surface area contributed by atoms with Gasteiger partial charge in [0.15, 0.2) is 12.4 Å². The van der Waals surface area contributed by atoms with Crippen molar-refractivity contribution >= 4 is 21.7 Å². The predicted molar refractivity (Wildman–Crippen MR) is 73.8 cm³/mol. The first-order valence-electron chi connectivity index (χ1n) is 5.74. The van der Waals surface area contributed by atoms with Crippen LogP contribution in [0, 0.1) is 10.8 Å². The Morgan fingerprint density at radius 2 is 2.38 bits per heavy atom. The van der Waals surface area contributed by atoms with E-state index < -0.39 is 30.8 Å². The summed E-state index contributed by atoms with van der Waals surface area (Å²) in [5.74, 6) is 2.42. The Balaban J connectivity index is 2.49. The Hall–Kier alpha value is -1.76. The second kappa shape index (κ2) is 6.34. The molecule has 21 heavy (non-hydrogen) atoms. The number of nitrogens with two attached hydrogens (primary N) is 1. The highest BCUT2D eigenvalue weighted by Gasteiger charge is 2.42. The van der Waals surface area contributed by atoms with Crippen LogP contribution in [0.3, 0.4) is 0 Å². The number of aliphatic hydroxyl groups is 1. The summed E-state index contributed by atoms with van der Waals surface area (Å²) in [6, 6.07) is 0. The van der Waals surface area contributed by atoms with Crippen molar-refractivity contribution in [3.05, 3.63) is 34.1 Å². The van der Waals surface area contributed by atoms with Crippen LogP contribution in [0.5, 0.6) is 0 Å². The summed E-state index contributed by atoms with van der Waals surface area (Å²) in [5, 5.41) is 9.05. The third-order valence-electron chi connectivity index (χ3n) is 2.97. The van der Waals surface area contributed by atoms with Gasteiger partial charge in [-0.05, 0) is 10.8 Å². The zero-order valence-electron chi connectivity index (χ0n) is 10.5. The zero-order valence-corrected chi connectivity index (χ0v) is 12.0. The molecule has 2 rings (SSSR count). The van der Waals surface area contributed by atoms with Crippen LogP contribution in [0.4, 0.5) is 14.6 Å². The maximum Gasteiger partial charge on any atom is 0.351 e. The highest BCUT2D eigenvalue weighted by Crippen LogP contribution is 2.35. The Labute approximate surface area is 126 Å². The number of hydrogen-bond acceptors (Lipinski definition) is 5. The van der Waals surface area contributed by atoms with E-state index in [-0.39, 0.29) is 23.3 Å². The van der Waals surface area contributed by atoms with E-state index in [1.807, 2.05) is 0 Å². The molecule has 3 unspecified atom stereocenters. The molecule has 6 nitrogen and oxygen atoms in total. The molecule has 0 radical (unpaired) electrons. The fourth-order valence-electron chi connectivity index (χ4n) is 1.95. The van der Waals surface area contributed by atoms with E-state index in [0.717, 1.165) is 4.57 Å². The molecule has 9 heteroatoms. The van der Waals surface area contributed by atoms with E-state index in [0.29, 0.717) is 0 Å². The van der Waals surface area contributed by atoms with Gasteiger partial charge in [-0.2, -0.15) is 4.98 Å². The number of alkyl halides is 1.